The summed E-state index contributed by atoms with van der Waals surface area (Å²) in [7, 11) is 2.03. The SMILES string of the molecule is CN1NCCc2cnccc21. The molecule has 0 amide bonds. The van der Waals surface area contributed by atoms with Crippen LogP contribution in [0.15, 0.2) is 18.5 Å². The van der Waals surface area contributed by atoms with Gasteiger partial charge in [-0.3, -0.25) is 4.98 Å². The van der Waals surface area contributed by atoms with E-state index < -0.39 is 0 Å². The van der Waals surface area contributed by atoms with Crippen molar-refractivity contribution < 1.29 is 0 Å². The lowest BCUT2D eigenvalue weighted by Gasteiger charge is -2.27. The summed E-state index contributed by atoms with van der Waals surface area (Å²) in [4.78, 5) is 4.08. The first-order valence-electron chi connectivity index (χ1n) is 3.78. The van der Waals surface area contributed by atoms with Crippen LogP contribution in [0.5, 0.6) is 0 Å². The predicted octanol–water partition coefficient (Wildman–Crippen LogP) is 0.578. The molecule has 0 unspecified atom stereocenters. The van der Waals surface area contributed by atoms with E-state index in [2.05, 4.69) is 10.4 Å². The molecule has 0 bridgehead atoms. The second-order valence-electron chi connectivity index (χ2n) is 2.72. The highest BCUT2D eigenvalue weighted by Crippen LogP contribution is 2.19. The van der Waals surface area contributed by atoms with E-state index in [0.717, 1.165) is 13.0 Å². The fourth-order valence-corrected chi connectivity index (χ4v) is 1.38. The summed E-state index contributed by atoms with van der Waals surface area (Å²) >= 11 is 0. The number of fused-ring (bicyclic) bond motifs is 1. The van der Waals surface area contributed by atoms with Crippen LogP contribution in [-0.4, -0.2) is 18.6 Å². The lowest BCUT2D eigenvalue weighted by Crippen LogP contribution is -2.40. The van der Waals surface area contributed by atoms with Gasteiger partial charge in [0.15, 0.2) is 0 Å². The third-order valence-corrected chi connectivity index (χ3v) is 1.98. The molecule has 0 atom stereocenters. The van der Waals surface area contributed by atoms with E-state index in [0.29, 0.717) is 0 Å². The molecule has 0 fully saturated rings. The molecule has 1 aliphatic heterocycles. The zero-order valence-corrected chi connectivity index (χ0v) is 6.54. The summed E-state index contributed by atoms with van der Waals surface area (Å²) in [5, 5.41) is 2.04. The number of nitrogens with one attached hydrogen (secondary N) is 1. The van der Waals surface area contributed by atoms with E-state index >= 15 is 0 Å². The molecule has 1 aromatic rings. The number of pyridine rings is 1. The smallest absolute Gasteiger partial charge is 0.0579 e. The van der Waals surface area contributed by atoms with E-state index in [4.69, 9.17) is 0 Å². The molecule has 1 N–H and O–H groups in total. The van der Waals surface area contributed by atoms with Gasteiger partial charge in [-0.2, -0.15) is 0 Å². The van der Waals surface area contributed by atoms with Crippen LogP contribution in [0.25, 0.3) is 0 Å². The van der Waals surface area contributed by atoms with Crippen LogP contribution in [0.2, 0.25) is 0 Å². The Balaban J connectivity index is 2.44. The predicted molar refractivity (Wildman–Crippen MR) is 44.3 cm³/mol. The largest absolute Gasteiger partial charge is 0.311 e. The van der Waals surface area contributed by atoms with Crippen molar-refractivity contribution >= 4 is 5.69 Å². The van der Waals surface area contributed by atoms with Gasteiger partial charge in [-0.1, -0.05) is 0 Å². The number of hydrogen-bond donors (Lipinski definition) is 1. The first kappa shape index (κ1) is 6.61. The van der Waals surface area contributed by atoms with Crippen LogP contribution in [-0.2, 0) is 6.42 Å². The fraction of sp³-hybridized carbons (Fsp3) is 0.375. The molecule has 0 saturated heterocycles. The first-order chi connectivity index (χ1) is 5.38. The fourth-order valence-electron chi connectivity index (χ4n) is 1.38. The molecule has 2 rings (SSSR count). The van der Waals surface area contributed by atoms with Crippen LogP contribution in [0.1, 0.15) is 5.56 Å². The van der Waals surface area contributed by atoms with Gasteiger partial charge >= 0.3 is 0 Å². The van der Waals surface area contributed by atoms with Crippen molar-refractivity contribution in [3.8, 4) is 0 Å². The Morgan fingerprint density at radius 3 is 3.36 bits per heavy atom. The second-order valence-corrected chi connectivity index (χ2v) is 2.72. The van der Waals surface area contributed by atoms with Crippen molar-refractivity contribution in [1.29, 1.82) is 0 Å². The van der Waals surface area contributed by atoms with Crippen LogP contribution >= 0.6 is 0 Å². The van der Waals surface area contributed by atoms with Crippen molar-refractivity contribution in [3.05, 3.63) is 24.0 Å². The maximum atomic E-state index is 4.08. The topological polar surface area (TPSA) is 28.2 Å². The van der Waals surface area contributed by atoms with Crippen LogP contribution < -0.4 is 10.4 Å². The number of anilines is 1. The van der Waals surface area contributed by atoms with Gasteiger partial charge in [-0.25, -0.2) is 5.43 Å². The molecule has 1 aromatic heterocycles. The molecule has 11 heavy (non-hydrogen) atoms. The molecular weight excluding hydrogens is 138 g/mol. The molecule has 3 heteroatoms. The van der Waals surface area contributed by atoms with Crippen molar-refractivity contribution in [2.75, 3.05) is 18.6 Å². The zero-order chi connectivity index (χ0) is 7.68. The number of hydrazine groups is 1. The molecule has 0 saturated carbocycles. The molecule has 0 radical (unpaired) electrons. The van der Waals surface area contributed by atoms with Crippen molar-refractivity contribution in [3.63, 3.8) is 0 Å². The van der Waals surface area contributed by atoms with Gasteiger partial charge in [-0.15, -0.1) is 0 Å². The Labute approximate surface area is 66.0 Å². The number of aromatic nitrogens is 1. The average Bonchev–Trinajstić information content (AvgIpc) is 2.06. The standard InChI is InChI=1S/C8H11N3/c1-11-8-3-4-9-6-7(8)2-5-10-11/h3-4,6,10H,2,5H2,1H3. The average molecular weight is 149 g/mol. The molecule has 0 spiro atoms. The summed E-state index contributed by atoms with van der Waals surface area (Å²) in [6.45, 7) is 1.01. The molecule has 0 aromatic carbocycles. The van der Waals surface area contributed by atoms with Crippen molar-refractivity contribution in [2.45, 2.75) is 6.42 Å². The van der Waals surface area contributed by atoms with E-state index in [1.165, 1.54) is 11.3 Å². The maximum absolute atomic E-state index is 4.08. The first-order valence-corrected chi connectivity index (χ1v) is 3.78. The van der Waals surface area contributed by atoms with Crippen LogP contribution in [0, 0.1) is 0 Å². The van der Waals surface area contributed by atoms with E-state index in [1.54, 1.807) is 0 Å². The van der Waals surface area contributed by atoms with Crippen molar-refractivity contribution in [2.24, 2.45) is 0 Å². The zero-order valence-electron chi connectivity index (χ0n) is 6.54. The van der Waals surface area contributed by atoms with Gasteiger partial charge < -0.3 is 5.01 Å². The summed E-state index contributed by atoms with van der Waals surface area (Å²) in [5.41, 5.74) is 5.81. The van der Waals surface area contributed by atoms with Gasteiger partial charge in [0.2, 0.25) is 0 Å². The summed E-state index contributed by atoms with van der Waals surface area (Å²) in [5.74, 6) is 0. The van der Waals surface area contributed by atoms with E-state index in [9.17, 15) is 0 Å². The van der Waals surface area contributed by atoms with Gasteiger partial charge in [0.1, 0.15) is 0 Å². The quantitative estimate of drug-likeness (QED) is 0.584. The van der Waals surface area contributed by atoms with E-state index in [1.807, 2.05) is 30.5 Å². The normalized spacial score (nSPS) is 16.3. The van der Waals surface area contributed by atoms with Crippen LogP contribution in [0.3, 0.4) is 0 Å². The maximum Gasteiger partial charge on any atom is 0.0579 e. The summed E-state index contributed by atoms with van der Waals surface area (Å²) in [6, 6.07) is 2.03. The lowest BCUT2D eigenvalue weighted by molar-refractivity contribution is 0.639. The third-order valence-electron chi connectivity index (χ3n) is 1.98. The minimum atomic E-state index is 1.01. The second kappa shape index (κ2) is 2.51. The Kier molecular flexibility index (Phi) is 1.51. The highest BCUT2D eigenvalue weighted by atomic mass is 15.5. The number of nitrogens with zero attached hydrogens (tertiary/aromatic N) is 2. The molecule has 3 nitrogen and oxygen atoms in total. The van der Waals surface area contributed by atoms with Gasteiger partial charge in [0.05, 0.1) is 5.69 Å². The number of hydrogen-bond acceptors (Lipinski definition) is 3. The Morgan fingerprint density at radius 2 is 2.55 bits per heavy atom. The Morgan fingerprint density at radius 1 is 1.64 bits per heavy atom. The highest BCUT2D eigenvalue weighted by Gasteiger charge is 2.11. The molecule has 0 aliphatic carbocycles. The summed E-state index contributed by atoms with van der Waals surface area (Å²) in [6.07, 6.45) is 4.84. The van der Waals surface area contributed by atoms with Crippen molar-refractivity contribution in [1.82, 2.24) is 10.4 Å². The van der Waals surface area contributed by atoms with Gasteiger partial charge in [0.25, 0.3) is 0 Å². The minimum Gasteiger partial charge on any atom is -0.311 e. The van der Waals surface area contributed by atoms with Crippen LogP contribution in [0.4, 0.5) is 5.69 Å². The highest BCUT2D eigenvalue weighted by molar-refractivity contribution is 5.52. The monoisotopic (exact) mass is 149 g/mol. The molecular formula is C8H11N3. The molecule has 58 valence electrons. The molecule has 2 heterocycles. The Bertz CT molecular complexity index is 259. The minimum absolute atomic E-state index is 1.01. The van der Waals surface area contributed by atoms with Gasteiger partial charge in [-0.05, 0) is 18.1 Å². The summed E-state index contributed by atoms with van der Waals surface area (Å²) < 4.78 is 0. The number of rotatable bonds is 0. The van der Waals surface area contributed by atoms with E-state index in [-0.39, 0.29) is 0 Å². The molecule has 1 aliphatic rings. The lowest BCUT2D eigenvalue weighted by atomic mass is 10.1. The Hall–Kier alpha value is -1.09. The third kappa shape index (κ3) is 1.07. The van der Waals surface area contributed by atoms with Gasteiger partial charge in [0, 0.05) is 26.0 Å².